The maximum atomic E-state index is 12.8. The Morgan fingerprint density at radius 1 is 1.00 bits per heavy atom. The maximum Gasteiger partial charge on any atom is 0.416 e. The summed E-state index contributed by atoms with van der Waals surface area (Å²) in [5.74, 6) is 0.00597. The fourth-order valence-electron chi connectivity index (χ4n) is 5.62. The Morgan fingerprint density at radius 2 is 1.80 bits per heavy atom. The van der Waals surface area contributed by atoms with E-state index in [9.17, 15) is 9.59 Å². The summed E-state index contributed by atoms with van der Waals surface area (Å²) < 4.78 is 7.44. The van der Waals surface area contributed by atoms with E-state index >= 15 is 0 Å². The van der Waals surface area contributed by atoms with Gasteiger partial charge < -0.3 is 19.5 Å². The van der Waals surface area contributed by atoms with E-state index in [2.05, 4.69) is 32.0 Å². The van der Waals surface area contributed by atoms with Gasteiger partial charge in [-0.05, 0) is 49.6 Å². The lowest BCUT2D eigenvalue weighted by atomic mass is 9.99. The molecular weight excluding hydrogens is 518 g/mol. The first-order valence-electron chi connectivity index (χ1n) is 14.7. The topological polar surface area (TPSA) is 95.8 Å². The Hall–Kier alpha value is -3.76. The molecule has 41 heavy (non-hydrogen) atoms. The minimum Gasteiger partial charge on any atom is -0.391 e. The Balaban J connectivity index is 1.05. The molecule has 0 bridgehead atoms. The lowest BCUT2D eigenvalue weighted by Crippen LogP contribution is -2.50. The quantitative estimate of drug-likeness (QED) is 0.420. The van der Waals surface area contributed by atoms with Gasteiger partial charge in [0, 0.05) is 76.6 Å². The Bertz CT molecular complexity index is 1280. The zero-order valence-corrected chi connectivity index (χ0v) is 24.2. The highest BCUT2D eigenvalue weighted by molar-refractivity contribution is 6.04. The summed E-state index contributed by atoms with van der Waals surface area (Å²) in [5.41, 5.74) is 3.43. The smallest absolute Gasteiger partial charge is 0.391 e. The minimum absolute atomic E-state index is 0.201. The molecule has 2 fully saturated rings. The average molecular weight is 560 g/mol. The zero-order valence-electron chi connectivity index (χ0n) is 24.2. The second-order valence-corrected chi connectivity index (χ2v) is 11.0. The van der Waals surface area contributed by atoms with Crippen molar-refractivity contribution in [3.05, 3.63) is 71.9 Å². The van der Waals surface area contributed by atoms with Crippen molar-refractivity contribution in [2.75, 3.05) is 44.6 Å². The van der Waals surface area contributed by atoms with E-state index in [0.717, 1.165) is 44.8 Å². The van der Waals surface area contributed by atoms with Crippen molar-refractivity contribution < 1.29 is 14.3 Å². The average Bonchev–Trinajstić information content (AvgIpc) is 3.42. The van der Waals surface area contributed by atoms with Gasteiger partial charge in [0.25, 0.3) is 5.91 Å². The monoisotopic (exact) mass is 559 g/mol. The number of carbonyl (C=O) groups is 2. The third kappa shape index (κ3) is 7.92. The number of likely N-dealkylation sites (tertiary alicyclic amines) is 1. The molecule has 1 atom stereocenters. The second kappa shape index (κ2) is 13.7. The summed E-state index contributed by atoms with van der Waals surface area (Å²) in [4.78, 5) is 40.6. The van der Waals surface area contributed by atoms with Crippen LogP contribution in [0.25, 0.3) is 0 Å². The van der Waals surface area contributed by atoms with Crippen molar-refractivity contribution in [1.82, 2.24) is 29.2 Å². The van der Waals surface area contributed by atoms with Crippen LogP contribution in [0.15, 0.2) is 55.1 Å². The van der Waals surface area contributed by atoms with Crippen LogP contribution in [0.3, 0.4) is 0 Å². The normalized spacial score (nSPS) is 18.3. The van der Waals surface area contributed by atoms with Gasteiger partial charge in [-0.15, -0.1) is 0 Å². The number of hydrogen-bond acceptors (Lipinski definition) is 7. The lowest BCUT2D eigenvalue weighted by Gasteiger charge is -2.35. The van der Waals surface area contributed by atoms with Gasteiger partial charge in [-0.3, -0.25) is 14.6 Å². The van der Waals surface area contributed by atoms with Crippen molar-refractivity contribution in [2.24, 2.45) is 7.05 Å². The fraction of sp³-hybridized carbons (Fsp3) is 0.484. The molecule has 0 spiro atoms. The van der Waals surface area contributed by atoms with Crippen molar-refractivity contribution >= 4 is 17.7 Å². The lowest BCUT2D eigenvalue weighted by molar-refractivity contribution is 0.102. The summed E-state index contributed by atoms with van der Waals surface area (Å²) >= 11 is 0. The van der Waals surface area contributed by atoms with E-state index in [0.29, 0.717) is 30.4 Å². The highest BCUT2D eigenvalue weighted by Crippen LogP contribution is 2.22. The first-order chi connectivity index (χ1) is 20.0. The van der Waals surface area contributed by atoms with Crippen LogP contribution in [0.1, 0.15) is 54.2 Å². The third-order valence-electron chi connectivity index (χ3n) is 8.08. The van der Waals surface area contributed by atoms with Crippen LogP contribution in [0.4, 0.5) is 10.5 Å². The molecule has 4 heterocycles. The summed E-state index contributed by atoms with van der Waals surface area (Å²) in [6.07, 6.45) is 10.9. The van der Waals surface area contributed by atoms with Gasteiger partial charge in [0.2, 0.25) is 5.88 Å². The molecular formula is C31H41N7O3. The SMILES string of the molecule is CCC1CCCCN1Cc1ccc(C(=O)Nc2ccc(OC(=O)N3CCN(CCc4cn(C)cn4)CC3)nc2)cc1. The molecule has 2 saturated heterocycles. The fourth-order valence-corrected chi connectivity index (χ4v) is 5.62. The van der Waals surface area contributed by atoms with Gasteiger partial charge in [-0.25, -0.2) is 14.8 Å². The van der Waals surface area contributed by atoms with Crippen LogP contribution in [-0.4, -0.2) is 86.5 Å². The molecule has 3 aromatic rings. The van der Waals surface area contributed by atoms with Crippen molar-refractivity contribution in [1.29, 1.82) is 0 Å². The van der Waals surface area contributed by atoms with Crippen molar-refractivity contribution in [3.8, 4) is 5.88 Å². The van der Waals surface area contributed by atoms with Gasteiger partial charge in [0.15, 0.2) is 0 Å². The molecule has 10 nitrogen and oxygen atoms in total. The Morgan fingerprint density at radius 3 is 2.49 bits per heavy atom. The van der Waals surface area contributed by atoms with Gasteiger partial charge in [-0.1, -0.05) is 25.5 Å². The van der Waals surface area contributed by atoms with Crippen molar-refractivity contribution in [3.63, 3.8) is 0 Å². The number of ether oxygens (including phenoxy) is 1. The standard InChI is InChI=1S/C31H41N7O3/c1-3-28-6-4-5-14-38(28)21-24-7-9-25(10-8-24)30(39)34-26-11-12-29(32-20-26)41-31(40)37-18-16-36(17-19-37)15-13-27-22-35(2)23-33-27/h7-12,20,22-23,28H,3-6,13-19,21H2,1-2H3,(H,34,39). The van der Waals surface area contributed by atoms with E-state index < -0.39 is 6.09 Å². The number of aryl methyl sites for hydroxylation is 1. The zero-order chi connectivity index (χ0) is 28.6. The second-order valence-electron chi connectivity index (χ2n) is 11.0. The summed E-state index contributed by atoms with van der Waals surface area (Å²) in [7, 11) is 1.97. The number of benzene rings is 1. The predicted octanol–water partition coefficient (Wildman–Crippen LogP) is 4.19. The molecule has 2 amide bonds. The first-order valence-corrected chi connectivity index (χ1v) is 14.7. The van der Waals surface area contributed by atoms with Gasteiger partial charge >= 0.3 is 6.09 Å². The van der Waals surface area contributed by atoms with E-state index in [4.69, 9.17) is 4.74 Å². The molecule has 5 rings (SSSR count). The van der Waals surface area contributed by atoms with Crippen molar-refractivity contribution in [2.45, 2.75) is 51.6 Å². The van der Waals surface area contributed by atoms with Gasteiger partial charge in [-0.2, -0.15) is 0 Å². The molecule has 2 aliphatic rings. The number of imidazole rings is 1. The number of nitrogens with one attached hydrogen (secondary N) is 1. The van der Waals surface area contributed by atoms with Crippen LogP contribution in [-0.2, 0) is 20.0 Å². The molecule has 2 aliphatic heterocycles. The number of carbonyl (C=O) groups excluding carboxylic acids is 2. The molecule has 0 saturated carbocycles. The number of piperidine rings is 1. The number of rotatable bonds is 9. The minimum atomic E-state index is -0.409. The molecule has 1 unspecified atom stereocenters. The van der Waals surface area contributed by atoms with E-state index in [1.54, 1.807) is 17.0 Å². The number of anilines is 1. The summed E-state index contributed by atoms with van der Waals surface area (Å²) in [5, 5.41) is 2.88. The molecule has 0 radical (unpaired) electrons. The summed E-state index contributed by atoms with van der Waals surface area (Å²) in [6, 6.07) is 11.8. The third-order valence-corrected chi connectivity index (χ3v) is 8.08. The Labute approximate surface area is 242 Å². The van der Waals surface area contributed by atoms with E-state index in [-0.39, 0.29) is 11.8 Å². The van der Waals surface area contributed by atoms with E-state index in [1.807, 2.05) is 48.4 Å². The highest BCUT2D eigenvalue weighted by Gasteiger charge is 2.23. The number of amides is 2. The number of nitrogens with zero attached hydrogens (tertiary/aromatic N) is 6. The molecule has 0 aliphatic carbocycles. The highest BCUT2D eigenvalue weighted by atomic mass is 16.6. The molecule has 10 heteroatoms. The van der Waals surface area contributed by atoms with Crippen LogP contribution in [0.5, 0.6) is 5.88 Å². The molecule has 1 aromatic carbocycles. The number of pyridine rings is 1. The molecule has 2 aromatic heterocycles. The van der Waals surface area contributed by atoms with Crippen LogP contribution in [0, 0.1) is 0 Å². The number of piperazine rings is 1. The number of aromatic nitrogens is 3. The van der Waals surface area contributed by atoms with E-state index in [1.165, 1.54) is 37.4 Å². The predicted molar refractivity (Wildman–Crippen MR) is 158 cm³/mol. The van der Waals surface area contributed by atoms with Gasteiger partial charge in [0.05, 0.1) is 23.9 Å². The van der Waals surface area contributed by atoms with Gasteiger partial charge in [0.1, 0.15) is 0 Å². The van der Waals surface area contributed by atoms with Crippen LogP contribution < -0.4 is 10.1 Å². The molecule has 218 valence electrons. The molecule has 1 N–H and O–H groups in total. The van der Waals surface area contributed by atoms with Crippen LogP contribution in [0.2, 0.25) is 0 Å². The van der Waals surface area contributed by atoms with Crippen LogP contribution >= 0.6 is 0 Å². The summed E-state index contributed by atoms with van der Waals surface area (Å²) in [6.45, 7) is 8.02. The Kier molecular flexibility index (Phi) is 9.63. The number of hydrogen-bond donors (Lipinski definition) is 1. The largest absolute Gasteiger partial charge is 0.416 e. The first kappa shape index (κ1) is 28.8. The maximum absolute atomic E-state index is 12.8.